The van der Waals surface area contributed by atoms with E-state index in [0.29, 0.717) is 19.4 Å². The SMILES string of the molecule is CCCCOCCC(=O)Cc1ccccc1C. The van der Waals surface area contributed by atoms with Gasteiger partial charge < -0.3 is 4.74 Å². The Hall–Kier alpha value is -1.15. The molecule has 0 radical (unpaired) electrons. The van der Waals surface area contributed by atoms with Crippen molar-refractivity contribution in [3.63, 3.8) is 0 Å². The van der Waals surface area contributed by atoms with Gasteiger partial charge in [0.25, 0.3) is 0 Å². The molecule has 1 rings (SSSR count). The van der Waals surface area contributed by atoms with Gasteiger partial charge in [0.1, 0.15) is 5.78 Å². The molecule has 0 aliphatic heterocycles. The zero-order valence-corrected chi connectivity index (χ0v) is 10.9. The van der Waals surface area contributed by atoms with Crippen molar-refractivity contribution in [3.8, 4) is 0 Å². The molecule has 0 amide bonds. The average molecular weight is 234 g/mol. The number of carbonyl (C=O) groups excluding carboxylic acids is 1. The number of ketones is 1. The fraction of sp³-hybridized carbons (Fsp3) is 0.533. The van der Waals surface area contributed by atoms with Crippen molar-refractivity contribution in [2.75, 3.05) is 13.2 Å². The van der Waals surface area contributed by atoms with Crippen LogP contribution in [0.25, 0.3) is 0 Å². The highest BCUT2D eigenvalue weighted by molar-refractivity contribution is 5.81. The van der Waals surface area contributed by atoms with E-state index in [-0.39, 0.29) is 5.78 Å². The molecular weight excluding hydrogens is 212 g/mol. The van der Waals surface area contributed by atoms with Gasteiger partial charge in [0.2, 0.25) is 0 Å². The minimum absolute atomic E-state index is 0.260. The van der Waals surface area contributed by atoms with Crippen LogP contribution in [0.3, 0.4) is 0 Å². The Kier molecular flexibility index (Phi) is 6.56. The second-order valence-corrected chi connectivity index (χ2v) is 4.36. The summed E-state index contributed by atoms with van der Waals surface area (Å²) in [6.07, 6.45) is 3.27. The van der Waals surface area contributed by atoms with Crippen LogP contribution in [0.4, 0.5) is 0 Å². The van der Waals surface area contributed by atoms with Crippen molar-refractivity contribution >= 4 is 5.78 Å². The number of rotatable bonds is 8. The Morgan fingerprint density at radius 1 is 1.24 bits per heavy atom. The van der Waals surface area contributed by atoms with E-state index in [1.165, 1.54) is 5.56 Å². The third-order valence-corrected chi connectivity index (χ3v) is 2.82. The molecule has 0 aliphatic rings. The lowest BCUT2D eigenvalue weighted by atomic mass is 10.0. The highest BCUT2D eigenvalue weighted by atomic mass is 16.5. The maximum absolute atomic E-state index is 11.7. The van der Waals surface area contributed by atoms with Crippen LogP contribution in [0.1, 0.15) is 37.3 Å². The zero-order chi connectivity index (χ0) is 12.5. The first kappa shape index (κ1) is 13.9. The normalized spacial score (nSPS) is 10.5. The highest BCUT2D eigenvalue weighted by Gasteiger charge is 2.05. The van der Waals surface area contributed by atoms with Crippen LogP contribution in [0, 0.1) is 6.92 Å². The molecule has 94 valence electrons. The van der Waals surface area contributed by atoms with Gasteiger partial charge in [-0.3, -0.25) is 4.79 Å². The molecule has 1 aromatic rings. The van der Waals surface area contributed by atoms with Gasteiger partial charge in [-0.15, -0.1) is 0 Å². The van der Waals surface area contributed by atoms with E-state index in [1.807, 2.05) is 31.2 Å². The maximum Gasteiger partial charge on any atom is 0.139 e. The monoisotopic (exact) mass is 234 g/mol. The largest absolute Gasteiger partial charge is 0.381 e. The summed E-state index contributed by atoms with van der Waals surface area (Å²) >= 11 is 0. The first-order chi connectivity index (χ1) is 8.24. The summed E-state index contributed by atoms with van der Waals surface area (Å²) in [6.45, 7) is 5.51. The molecular formula is C15H22O2. The third kappa shape index (κ3) is 5.64. The Balaban J connectivity index is 2.23. The number of ether oxygens (including phenoxy) is 1. The van der Waals surface area contributed by atoms with E-state index in [2.05, 4.69) is 6.92 Å². The minimum atomic E-state index is 0.260. The van der Waals surface area contributed by atoms with Crippen molar-refractivity contribution in [2.24, 2.45) is 0 Å². The number of aryl methyl sites for hydroxylation is 1. The van der Waals surface area contributed by atoms with E-state index >= 15 is 0 Å². The topological polar surface area (TPSA) is 26.3 Å². The van der Waals surface area contributed by atoms with Gasteiger partial charge in [-0.2, -0.15) is 0 Å². The summed E-state index contributed by atoms with van der Waals surface area (Å²) in [5.41, 5.74) is 2.32. The lowest BCUT2D eigenvalue weighted by Gasteiger charge is -2.05. The second-order valence-electron chi connectivity index (χ2n) is 4.36. The third-order valence-electron chi connectivity index (χ3n) is 2.82. The first-order valence-corrected chi connectivity index (χ1v) is 6.38. The van der Waals surface area contributed by atoms with Gasteiger partial charge in [0, 0.05) is 19.4 Å². The van der Waals surface area contributed by atoms with E-state index in [1.54, 1.807) is 0 Å². The number of benzene rings is 1. The van der Waals surface area contributed by atoms with Gasteiger partial charge in [-0.05, 0) is 24.5 Å². The zero-order valence-electron chi connectivity index (χ0n) is 10.9. The molecule has 0 heterocycles. The number of hydrogen-bond donors (Lipinski definition) is 0. The van der Waals surface area contributed by atoms with Crippen molar-refractivity contribution in [3.05, 3.63) is 35.4 Å². The lowest BCUT2D eigenvalue weighted by molar-refractivity contribution is -0.119. The Labute approximate surface area is 104 Å². The molecule has 0 saturated heterocycles. The van der Waals surface area contributed by atoms with Crippen molar-refractivity contribution < 1.29 is 9.53 Å². The van der Waals surface area contributed by atoms with Gasteiger partial charge in [-0.25, -0.2) is 0 Å². The molecule has 2 nitrogen and oxygen atoms in total. The molecule has 0 fully saturated rings. The number of carbonyl (C=O) groups is 1. The quantitative estimate of drug-likeness (QED) is 0.645. The molecule has 1 aromatic carbocycles. The van der Waals surface area contributed by atoms with Gasteiger partial charge >= 0.3 is 0 Å². The molecule has 0 atom stereocenters. The predicted molar refractivity (Wildman–Crippen MR) is 70.2 cm³/mol. The average Bonchev–Trinajstić information content (AvgIpc) is 2.32. The van der Waals surface area contributed by atoms with E-state index in [4.69, 9.17) is 4.74 Å². The summed E-state index contributed by atoms with van der Waals surface area (Å²) in [4.78, 5) is 11.7. The van der Waals surface area contributed by atoms with Crippen LogP contribution in [-0.4, -0.2) is 19.0 Å². The van der Waals surface area contributed by atoms with E-state index in [0.717, 1.165) is 25.0 Å². The maximum atomic E-state index is 11.7. The molecule has 0 bridgehead atoms. The van der Waals surface area contributed by atoms with Crippen molar-refractivity contribution in [1.82, 2.24) is 0 Å². The Morgan fingerprint density at radius 2 is 2.00 bits per heavy atom. The lowest BCUT2D eigenvalue weighted by Crippen LogP contribution is -2.08. The van der Waals surface area contributed by atoms with Crippen molar-refractivity contribution in [1.29, 1.82) is 0 Å². The standard InChI is InChI=1S/C15H22O2/c1-3-4-10-17-11-9-15(16)12-14-8-6-5-7-13(14)2/h5-8H,3-4,9-12H2,1-2H3. The molecule has 2 heteroatoms. The van der Waals surface area contributed by atoms with Gasteiger partial charge in [0.15, 0.2) is 0 Å². The Morgan fingerprint density at radius 3 is 2.71 bits per heavy atom. The highest BCUT2D eigenvalue weighted by Crippen LogP contribution is 2.08. The molecule has 0 N–H and O–H groups in total. The molecule has 17 heavy (non-hydrogen) atoms. The van der Waals surface area contributed by atoms with Gasteiger partial charge in [0.05, 0.1) is 6.61 Å². The summed E-state index contributed by atoms with van der Waals surface area (Å²) in [5.74, 6) is 0.260. The minimum Gasteiger partial charge on any atom is -0.381 e. The molecule has 0 unspecified atom stereocenters. The van der Waals surface area contributed by atoms with Crippen molar-refractivity contribution in [2.45, 2.75) is 39.5 Å². The molecule has 0 aromatic heterocycles. The van der Waals surface area contributed by atoms with Crippen LogP contribution >= 0.6 is 0 Å². The van der Waals surface area contributed by atoms with Crippen LogP contribution in [0.2, 0.25) is 0 Å². The predicted octanol–water partition coefficient (Wildman–Crippen LogP) is 3.31. The van der Waals surface area contributed by atoms with E-state index in [9.17, 15) is 4.79 Å². The van der Waals surface area contributed by atoms with Crippen LogP contribution in [0.5, 0.6) is 0 Å². The summed E-state index contributed by atoms with van der Waals surface area (Å²) in [5, 5.41) is 0. The fourth-order valence-electron chi connectivity index (χ4n) is 1.64. The summed E-state index contributed by atoms with van der Waals surface area (Å²) in [7, 11) is 0. The summed E-state index contributed by atoms with van der Waals surface area (Å²) < 4.78 is 5.39. The Bertz CT molecular complexity index is 345. The number of hydrogen-bond acceptors (Lipinski definition) is 2. The van der Waals surface area contributed by atoms with Crippen LogP contribution in [-0.2, 0) is 16.0 Å². The van der Waals surface area contributed by atoms with Gasteiger partial charge in [-0.1, -0.05) is 37.6 Å². The van der Waals surface area contributed by atoms with Crippen LogP contribution in [0.15, 0.2) is 24.3 Å². The van der Waals surface area contributed by atoms with Crippen LogP contribution < -0.4 is 0 Å². The molecule has 0 aliphatic carbocycles. The molecule has 0 saturated carbocycles. The fourth-order valence-corrected chi connectivity index (χ4v) is 1.64. The molecule has 0 spiro atoms. The first-order valence-electron chi connectivity index (χ1n) is 6.38. The number of Topliss-reactive ketones (excluding diaryl/α,β-unsaturated/α-hetero) is 1. The van der Waals surface area contributed by atoms with E-state index < -0.39 is 0 Å². The smallest absolute Gasteiger partial charge is 0.139 e. The number of unbranched alkanes of at least 4 members (excludes halogenated alkanes) is 1. The summed E-state index contributed by atoms with van der Waals surface area (Å²) in [6, 6.07) is 8.04. The second kappa shape index (κ2) is 8.02.